The van der Waals surface area contributed by atoms with Gasteiger partial charge in [-0.05, 0) is 37.6 Å². The Morgan fingerprint density at radius 1 is 1.44 bits per heavy atom. The summed E-state index contributed by atoms with van der Waals surface area (Å²) in [5, 5.41) is 3.97. The number of rotatable bonds is 2. The van der Waals surface area contributed by atoms with Crippen molar-refractivity contribution in [2.45, 2.75) is 18.9 Å². The van der Waals surface area contributed by atoms with E-state index in [-0.39, 0.29) is 18.5 Å². The van der Waals surface area contributed by atoms with Crippen molar-refractivity contribution >= 4 is 39.9 Å². The Labute approximate surface area is 115 Å². The summed E-state index contributed by atoms with van der Waals surface area (Å²) >= 11 is 9.44. The van der Waals surface area contributed by atoms with E-state index >= 15 is 0 Å². The van der Waals surface area contributed by atoms with E-state index in [1.165, 1.54) is 6.42 Å². The number of benzene rings is 1. The fourth-order valence-electron chi connectivity index (χ4n) is 1.67. The molecule has 1 aliphatic rings. The van der Waals surface area contributed by atoms with E-state index in [1.807, 2.05) is 18.2 Å². The number of piperidine rings is 1. The minimum atomic E-state index is 0. The molecule has 2 rings (SSSR count). The first kappa shape index (κ1) is 14.1. The van der Waals surface area contributed by atoms with Crippen molar-refractivity contribution in [3.8, 4) is 5.75 Å². The third-order valence-electron chi connectivity index (χ3n) is 2.44. The molecular weight excluding hydrogens is 313 g/mol. The van der Waals surface area contributed by atoms with Crippen LogP contribution in [0.1, 0.15) is 12.8 Å². The Morgan fingerprint density at radius 2 is 2.25 bits per heavy atom. The average molecular weight is 327 g/mol. The van der Waals surface area contributed by atoms with Crippen LogP contribution >= 0.6 is 39.9 Å². The molecular formula is C11H14BrCl2NO. The fraction of sp³-hybridized carbons (Fsp3) is 0.455. The van der Waals surface area contributed by atoms with E-state index in [0.717, 1.165) is 29.7 Å². The molecule has 1 atom stereocenters. The van der Waals surface area contributed by atoms with E-state index < -0.39 is 0 Å². The lowest BCUT2D eigenvalue weighted by atomic mass is 10.1. The van der Waals surface area contributed by atoms with Gasteiger partial charge in [0.05, 0.1) is 5.02 Å². The molecule has 2 nitrogen and oxygen atoms in total. The van der Waals surface area contributed by atoms with Gasteiger partial charge in [-0.3, -0.25) is 0 Å². The molecule has 1 aliphatic heterocycles. The van der Waals surface area contributed by atoms with Gasteiger partial charge in [0.15, 0.2) is 0 Å². The molecule has 0 spiro atoms. The summed E-state index contributed by atoms with van der Waals surface area (Å²) in [6, 6.07) is 5.70. The fourth-order valence-corrected chi connectivity index (χ4v) is 2.39. The lowest BCUT2D eigenvalue weighted by Crippen LogP contribution is -2.37. The first-order valence-electron chi connectivity index (χ1n) is 5.08. The molecule has 0 aliphatic carbocycles. The first-order chi connectivity index (χ1) is 7.25. The predicted octanol–water partition coefficient (Wildman–Crippen LogP) is 3.66. The molecule has 0 bridgehead atoms. The molecule has 16 heavy (non-hydrogen) atoms. The summed E-state index contributed by atoms with van der Waals surface area (Å²) in [6.07, 6.45) is 2.51. The second-order valence-corrected chi connectivity index (χ2v) is 4.98. The van der Waals surface area contributed by atoms with E-state index in [1.54, 1.807) is 0 Å². The number of nitrogens with one attached hydrogen (secondary N) is 1. The molecule has 1 fully saturated rings. The zero-order chi connectivity index (χ0) is 10.7. The van der Waals surface area contributed by atoms with Gasteiger partial charge < -0.3 is 10.1 Å². The van der Waals surface area contributed by atoms with Crippen LogP contribution in [-0.4, -0.2) is 19.2 Å². The van der Waals surface area contributed by atoms with Gasteiger partial charge in [-0.25, -0.2) is 0 Å². The van der Waals surface area contributed by atoms with Gasteiger partial charge in [-0.15, -0.1) is 12.4 Å². The molecule has 1 unspecified atom stereocenters. The molecule has 5 heteroatoms. The van der Waals surface area contributed by atoms with Crippen LogP contribution in [0.5, 0.6) is 5.75 Å². The van der Waals surface area contributed by atoms with Crippen molar-refractivity contribution in [3.05, 3.63) is 27.7 Å². The van der Waals surface area contributed by atoms with Crippen molar-refractivity contribution in [3.63, 3.8) is 0 Å². The summed E-state index contributed by atoms with van der Waals surface area (Å²) in [5.74, 6) is 0.772. The topological polar surface area (TPSA) is 21.3 Å². The van der Waals surface area contributed by atoms with Crippen LogP contribution < -0.4 is 10.1 Å². The Bertz CT molecular complexity index is 343. The lowest BCUT2D eigenvalue weighted by molar-refractivity contribution is 0.167. The van der Waals surface area contributed by atoms with Crippen LogP contribution in [0.2, 0.25) is 5.02 Å². The van der Waals surface area contributed by atoms with Gasteiger partial charge in [-0.2, -0.15) is 0 Å². The highest BCUT2D eigenvalue weighted by atomic mass is 79.9. The van der Waals surface area contributed by atoms with E-state index in [0.29, 0.717) is 5.02 Å². The first-order valence-corrected chi connectivity index (χ1v) is 6.25. The molecule has 1 saturated heterocycles. The molecule has 1 aromatic carbocycles. The molecule has 0 saturated carbocycles. The van der Waals surface area contributed by atoms with Crippen LogP contribution in [0.4, 0.5) is 0 Å². The Kier molecular flexibility index (Phi) is 5.90. The van der Waals surface area contributed by atoms with Crippen LogP contribution in [-0.2, 0) is 0 Å². The van der Waals surface area contributed by atoms with E-state index in [4.69, 9.17) is 16.3 Å². The van der Waals surface area contributed by atoms with Crippen LogP contribution in [0.3, 0.4) is 0 Å². The van der Waals surface area contributed by atoms with Crippen molar-refractivity contribution in [2.24, 2.45) is 0 Å². The minimum Gasteiger partial charge on any atom is -0.488 e. The molecule has 0 aromatic heterocycles. The standard InChI is InChI=1S/C11H13BrClNO.ClH/c12-8-3-4-11(10(13)6-8)15-9-2-1-5-14-7-9;/h3-4,6,9,14H,1-2,5,7H2;1H. The minimum absolute atomic E-state index is 0. The smallest absolute Gasteiger partial charge is 0.138 e. The Hall–Kier alpha value is 0.0400. The molecule has 0 radical (unpaired) electrons. The van der Waals surface area contributed by atoms with Crippen molar-refractivity contribution < 1.29 is 4.74 Å². The van der Waals surface area contributed by atoms with Gasteiger partial charge in [0, 0.05) is 11.0 Å². The maximum atomic E-state index is 6.07. The van der Waals surface area contributed by atoms with E-state index in [9.17, 15) is 0 Å². The summed E-state index contributed by atoms with van der Waals surface area (Å²) in [5.41, 5.74) is 0. The Morgan fingerprint density at radius 3 is 2.88 bits per heavy atom. The van der Waals surface area contributed by atoms with Gasteiger partial charge in [-0.1, -0.05) is 27.5 Å². The normalized spacial score (nSPS) is 20.0. The molecule has 1 N–H and O–H groups in total. The van der Waals surface area contributed by atoms with Crippen molar-refractivity contribution in [2.75, 3.05) is 13.1 Å². The highest BCUT2D eigenvalue weighted by Gasteiger charge is 2.15. The number of hydrogen-bond donors (Lipinski definition) is 1. The monoisotopic (exact) mass is 325 g/mol. The molecule has 90 valence electrons. The zero-order valence-electron chi connectivity index (χ0n) is 8.71. The molecule has 1 heterocycles. The Balaban J connectivity index is 0.00000128. The summed E-state index contributed by atoms with van der Waals surface area (Å²) in [4.78, 5) is 0. The number of hydrogen-bond acceptors (Lipinski definition) is 2. The summed E-state index contributed by atoms with van der Waals surface area (Å²) in [7, 11) is 0. The summed E-state index contributed by atoms with van der Waals surface area (Å²) < 4.78 is 6.80. The van der Waals surface area contributed by atoms with Gasteiger partial charge in [0.25, 0.3) is 0 Å². The van der Waals surface area contributed by atoms with Gasteiger partial charge in [0.2, 0.25) is 0 Å². The highest BCUT2D eigenvalue weighted by molar-refractivity contribution is 9.10. The maximum absolute atomic E-state index is 6.07. The van der Waals surface area contributed by atoms with Gasteiger partial charge >= 0.3 is 0 Å². The SMILES string of the molecule is Cl.Clc1cc(Br)ccc1OC1CCCNC1. The third kappa shape index (κ3) is 3.81. The zero-order valence-corrected chi connectivity index (χ0v) is 11.9. The van der Waals surface area contributed by atoms with Crippen molar-refractivity contribution in [1.82, 2.24) is 5.32 Å². The number of ether oxygens (including phenoxy) is 1. The second-order valence-electron chi connectivity index (χ2n) is 3.66. The van der Waals surface area contributed by atoms with Crippen LogP contribution in [0.15, 0.2) is 22.7 Å². The lowest BCUT2D eigenvalue weighted by Gasteiger charge is -2.24. The van der Waals surface area contributed by atoms with Gasteiger partial charge in [0.1, 0.15) is 11.9 Å². The summed E-state index contributed by atoms with van der Waals surface area (Å²) in [6.45, 7) is 2.00. The highest BCUT2D eigenvalue weighted by Crippen LogP contribution is 2.29. The van der Waals surface area contributed by atoms with Crippen LogP contribution in [0.25, 0.3) is 0 Å². The number of halogens is 3. The average Bonchev–Trinajstić information content (AvgIpc) is 2.24. The van der Waals surface area contributed by atoms with Crippen molar-refractivity contribution in [1.29, 1.82) is 0 Å². The van der Waals surface area contributed by atoms with E-state index in [2.05, 4.69) is 21.2 Å². The third-order valence-corrected chi connectivity index (χ3v) is 3.23. The predicted molar refractivity (Wildman–Crippen MR) is 72.9 cm³/mol. The molecule has 1 aromatic rings. The quantitative estimate of drug-likeness (QED) is 0.895. The van der Waals surface area contributed by atoms with Crippen LogP contribution in [0, 0.1) is 0 Å². The maximum Gasteiger partial charge on any atom is 0.138 e. The molecule has 0 amide bonds. The second kappa shape index (κ2) is 6.70. The largest absolute Gasteiger partial charge is 0.488 e.